The van der Waals surface area contributed by atoms with Crippen LogP contribution in [0.3, 0.4) is 0 Å². The van der Waals surface area contributed by atoms with Gasteiger partial charge in [0.25, 0.3) is 0 Å². The Hall–Kier alpha value is -5.08. The van der Waals surface area contributed by atoms with Gasteiger partial charge in [0, 0.05) is 16.9 Å². The molecule has 2 aliphatic rings. The van der Waals surface area contributed by atoms with E-state index in [0.717, 1.165) is 27.7 Å². The van der Waals surface area contributed by atoms with Crippen molar-refractivity contribution in [3.63, 3.8) is 0 Å². The van der Waals surface area contributed by atoms with Gasteiger partial charge in [0.05, 0.1) is 5.39 Å². The van der Waals surface area contributed by atoms with Crippen molar-refractivity contribution in [1.29, 1.82) is 0 Å². The lowest BCUT2D eigenvalue weighted by Crippen LogP contribution is -2.15. The fraction of sp³-hybridized carbons (Fsp3) is 0.0526. The van der Waals surface area contributed by atoms with E-state index in [1.807, 2.05) is 0 Å². The molecular weight excluding hydrogens is 488 g/mol. The number of hydrogen-bond donors (Lipinski definition) is 0. The number of allylic oxidation sites excluding steroid dienone is 2. The third kappa shape index (κ3) is 2.99. The summed E-state index contributed by atoms with van der Waals surface area (Å²) in [5.74, 6) is 1.20. The molecule has 0 amide bonds. The zero-order chi connectivity index (χ0) is 26.2. The first kappa shape index (κ1) is 21.8. The highest BCUT2D eigenvalue weighted by atomic mass is 16.5. The minimum Gasteiger partial charge on any atom is -0.484 e. The fourth-order valence-electron chi connectivity index (χ4n) is 6.87. The Morgan fingerprint density at radius 1 is 0.500 bits per heavy atom. The van der Waals surface area contributed by atoms with Crippen LogP contribution in [0.2, 0.25) is 0 Å². The zero-order valence-corrected chi connectivity index (χ0v) is 21.7. The summed E-state index contributed by atoms with van der Waals surface area (Å²) in [6.07, 6.45) is 8.62. The molecule has 2 heteroatoms. The summed E-state index contributed by atoms with van der Waals surface area (Å²) in [6.45, 7) is 0. The van der Waals surface area contributed by atoms with Crippen molar-refractivity contribution >= 4 is 43.5 Å². The maximum atomic E-state index is 6.54. The molecule has 0 fully saturated rings. The predicted octanol–water partition coefficient (Wildman–Crippen LogP) is 10.2. The first-order valence-corrected chi connectivity index (χ1v) is 13.9. The van der Waals surface area contributed by atoms with Crippen LogP contribution in [-0.4, -0.2) is 6.10 Å². The van der Waals surface area contributed by atoms with Gasteiger partial charge < -0.3 is 9.15 Å². The Morgan fingerprint density at radius 2 is 1.12 bits per heavy atom. The first-order valence-electron chi connectivity index (χ1n) is 13.9. The molecular formula is C38H24O2. The van der Waals surface area contributed by atoms with Gasteiger partial charge in [0.2, 0.25) is 0 Å². The maximum Gasteiger partial charge on any atom is 0.139 e. The largest absolute Gasteiger partial charge is 0.484 e. The van der Waals surface area contributed by atoms with E-state index in [0.29, 0.717) is 0 Å². The van der Waals surface area contributed by atoms with Crippen molar-refractivity contribution < 1.29 is 9.15 Å². The van der Waals surface area contributed by atoms with E-state index in [1.54, 1.807) is 0 Å². The van der Waals surface area contributed by atoms with E-state index >= 15 is 0 Å². The number of rotatable bonds is 2. The van der Waals surface area contributed by atoms with Gasteiger partial charge in [0.15, 0.2) is 0 Å². The minimum absolute atomic E-state index is 0.0390. The number of furan rings is 1. The van der Waals surface area contributed by atoms with Crippen molar-refractivity contribution in [3.05, 3.63) is 139 Å². The van der Waals surface area contributed by atoms with E-state index in [9.17, 15) is 0 Å². The summed E-state index contributed by atoms with van der Waals surface area (Å²) in [6, 6.07) is 39.2. The van der Waals surface area contributed by atoms with Crippen LogP contribution < -0.4 is 4.74 Å². The molecule has 2 unspecified atom stereocenters. The van der Waals surface area contributed by atoms with E-state index in [-0.39, 0.29) is 12.0 Å². The quantitative estimate of drug-likeness (QED) is 0.215. The van der Waals surface area contributed by atoms with Crippen molar-refractivity contribution in [1.82, 2.24) is 0 Å². The highest BCUT2D eigenvalue weighted by molar-refractivity contribution is 6.22. The molecule has 0 bridgehead atoms. The molecule has 9 rings (SSSR count). The highest BCUT2D eigenvalue weighted by Crippen LogP contribution is 2.49. The van der Waals surface area contributed by atoms with Crippen LogP contribution in [0.5, 0.6) is 5.75 Å². The van der Waals surface area contributed by atoms with Crippen molar-refractivity contribution in [2.24, 2.45) is 0 Å². The van der Waals surface area contributed by atoms with Gasteiger partial charge in [-0.25, -0.2) is 0 Å². The summed E-state index contributed by atoms with van der Waals surface area (Å²) < 4.78 is 12.9. The molecule has 0 saturated carbocycles. The van der Waals surface area contributed by atoms with E-state index < -0.39 is 0 Å². The molecule has 0 spiro atoms. The predicted molar refractivity (Wildman–Crippen MR) is 165 cm³/mol. The van der Waals surface area contributed by atoms with Crippen LogP contribution in [0.4, 0.5) is 0 Å². The Labute approximate surface area is 231 Å². The van der Waals surface area contributed by atoms with E-state index in [4.69, 9.17) is 9.15 Å². The lowest BCUT2D eigenvalue weighted by molar-refractivity contribution is 0.271. The van der Waals surface area contributed by atoms with Crippen LogP contribution in [0, 0.1) is 0 Å². The summed E-state index contributed by atoms with van der Waals surface area (Å²) in [5, 5.41) is 7.17. The van der Waals surface area contributed by atoms with Crippen LogP contribution in [0.1, 0.15) is 11.5 Å². The average molecular weight is 513 g/mol. The number of benzene rings is 6. The van der Waals surface area contributed by atoms with E-state index in [1.165, 1.54) is 49.4 Å². The molecule has 2 atom stereocenters. The zero-order valence-electron chi connectivity index (χ0n) is 21.7. The van der Waals surface area contributed by atoms with Crippen molar-refractivity contribution in [2.75, 3.05) is 0 Å². The fourth-order valence-corrected chi connectivity index (χ4v) is 6.87. The van der Waals surface area contributed by atoms with Gasteiger partial charge in [0.1, 0.15) is 23.0 Å². The number of fused-ring (bicyclic) bond motifs is 9. The molecule has 2 nitrogen and oxygen atoms in total. The maximum absolute atomic E-state index is 6.54. The molecule has 6 aromatic carbocycles. The molecule has 7 aromatic rings. The summed E-state index contributed by atoms with van der Waals surface area (Å²) in [5.41, 5.74) is 7.91. The summed E-state index contributed by atoms with van der Waals surface area (Å²) >= 11 is 0. The lowest BCUT2D eigenvalue weighted by atomic mass is 9.85. The van der Waals surface area contributed by atoms with Gasteiger partial charge >= 0.3 is 0 Å². The monoisotopic (exact) mass is 512 g/mol. The smallest absolute Gasteiger partial charge is 0.139 e. The third-order valence-electron chi connectivity index (χ3n) is 8.60. The molecule has 1 aliphatic carbocycles. The SMILES string of the molecule is C1=CC2Oc3c(ccc4oc5ccc(-c6c7ccccc7c(-c7ccccc7)c7ccccc67)cc5c34)C2C=C1. The highest BCUT2D eigenvalue weighted by Gasteiger charge is 2.34. The van der Waals surface area contributed by atoms with Gasteiger partial charge in [-0.15, -0.1) is 0 Å². The van der Waals surface area contributed by atoms with Gasteiger partial charge in [-0.2, -0.15) is 0 Å². The lowest BCUT2D eigenvalue weighted by Gasteiger charge is -2.17. The molecule has 188 valence electrons. The summed E-state index contributed by atoms with van der Waals surface area (Å²) in [7, 11) is 0. The minimum atomic E-state index is 0.0390. The number of hydrogen-bond acceptors (Lipinski definition) is 2. The Balaban J connectivity index is 1.35. The van der Waals surface area contributed by atoms with Gasteiger partial charge in [-0.1, -0.05) is 109 Å². The van der Waals surface area contributed by atoms with Crippen LogP contribution >= 0.6 is 0 Å². The van der Waals surface area contributed by atoms with Crippen molar-refractivity contribution in [2.45, 2.75) is 12.0 Å². The Morgan fingerprint density at radius 3 is 1.85 bits per heavy atom. The van der Waals surface area contributed by atoms with E-state index in [2.05, 4.69) is 133 Å². The molecule has 1 aliphatic heterocycles. The van der Waals surface area contributed by atoms with Crippen molar-refractivity contribution in [3.8, 4) is 28.0 Å². The molecule has 0 radical (unpaired) electrons. The molecule has 0 saturated heterocycles. The van der Waals surface area contributed by atoms with Gasteiger partial charge in [-0.05, 0) is 68.1 Å². The second-order valence-corrected chi connectivity index (χ2v) is 10.8. The third-order valence-corrected chi connectivity index (χ3v) is 8.60. The topological polar surface area (TPSA) is 22.4 Å². The van der Waals surface area contributed by atoms with Crippen LogP contribution in [0.25, 0.3) is 65.7 Å². The van der Waals surface area contributed by atoms with Gasteiger partial charge in [-0.3, -0.25) is 0 Å². The molecule has 1 aromatic heterocycles. The Bertz CT molecular complexity index is 2140. The normalized spacial score (nSPS) is 17.5. The second kappa shape index (κ2) is 8.21. The molecule has 2 heterocycles. The molecule has 0 N–H and O–H groups in total. The Kier molecular flexibility index (Phi) is 4.48. The van der Waals surface area contributed by atoms with Crippen LogP contribution in [0.15, 0.2) is 138 Å². The average Bonchev–Trinajstić information content (AvgIpc) is 3.58. The summed E-state index contributed by atoms with van der Waals surface area (Å²) in [4.78, 5) is 0. The molecule has 40 heavy (non-hydrogen) atoms. The second-order valence-electron chi connectivity index (χ2n) is 10.8. The number of ether oxygens (including phenoxy) is 1. The van der Waals surface area contributed by atoms with Crippen LogP contribution in [-0.2, 0) is 0 Å². The standard InChI is InChI=1S/C38H24O2/c1-2-10-23(11-3-1)35-26-13-4-6-15-28(26)36(29-16-7-5-14-27(29)35)24-18-20-33-31(22-24)37-34(39-33)21-19-30-25-12-8-9-17-32(25)40-38(30)37/h1-22,25,32H. The first-order chi connectivity index (χ1) is 19.8.